The molecule has 0 spiro atoms. The number of nitrogens with zero attached hydrogens (tertiary/aromatic N) is 2. The van der Waals surface area contributed by atoms with Crippen LogP contribution in [0.3, 0.4) is 0 Å². The highest BCUT2D eigenvalue weighted by molar-refractivity contribution is 5.00. The van der Waals surface area contributed by atoms with Crippen LogP contribution < -0.4 is 5.32 Å². The summed E-state index contributed by atoms with van der Waals surface area (Å²) in [6.45, 7) is 12.9. The van der Waals surface area contributed by atoms with Gasteiger partial charge in [-0.3, -0.25) is 4.90 Å². The van der Waals surface area contributed by atoms with Crippen molar-refractivity contribution in [2.45, 2.75) is 58.7 Å². The Morgan fingerprint density at radius 2 is 2.33 bits per heavy atom. The molecule has 0 amide bonds. The fraction of sp³-hybridized carbons (Fsp3) is 0.786. The molecule has 1 aromatic rings. The van der Waals surface area contributed by atoms with E-state index in [4.69, 9.17) is 4.42 Å². The Morgan fingerprint density at radius 1 is 1.61 bits per heavy atom. The van der Waals surface area contributed by atoms with Crippen LogP contribution in [0.4, 0.5) is 0 Å². The number of hydrogen-bond donors (Lipinski definition) is 1. The van der Waals surface area contributed by atoms with Gasteiger partial charge in [0.1, 0.15) is 5.76 Å². The Balaban J connectivity index is 2.17. The zero-order chi connectivity index (χ0) is 13.3. The van der Waals surface area contributed by atoms with E-state index in [1.54, 1.807) is 6.20 Å². The van der Waals surface area contributed by atoms with Gasteiger partial charge in [0.25, 0.3) is 0 Å². The first kappa shape index (κ1) is 13.6. The predicted molar refractivity (Wildman–Crippen MR) is 72.5 cm³/mol. The predicted octanol–water partition coefficient (Wildman–Crippen LogP) is 2.51. The lowest BCUT2D eigenvalue weighted by molar-refractivity contribution is 0.0474. The molecular formula is C14H25N3O. The fourth-order valence-corrected chi connectivity index (χ4v) is 2.69. The van der Waals surface area contributed by atoms with Crippen molar-refractivity contribution in [3.63, 3.8) is 0 Å². The second kappa shape index (κ2) is 5.02. The standard InChI is InChI=1S/C14H25N3O/c1-6-12-8-16-14(4,5)9-17(12)11(3)13-15-7-10(2)18-13/h7,11-12,16H,6,8-9H2,1-5H3. The van der Waals surface area contributed by atoms with E-state index in [0.717, 1.165) is 31.2 Å². The third-order valence-electron chi connectivity index (χ3n) is 3.83. The second-order valence-corrected chi connectivity index (χ2v) is 5.98. The molecule has 1 fully saturated rings. The summed E-state index contributed by atoms with van der Waals surface area (Å²) in [7, 11) is 0. The van der Waals surface area contributed by atoms with Crippen molar-refractivity contribution in [2.75, 3.05) is 13.1 Å². The number of aryl methyl sites for hydroxylation is 1. The third kappa shape index (κ3) is 2.75. The summed E-state index contributed by atoms with van der Waals surface area (Å²) in [6, 6.07) is 0.797. The van der Waals surface area contributed by atoms with Gasteiger partial charge in [0.2, 0.25) is 5.89 Å². The fourth-order valence-electron chi connectivity index (χ4n) is 2.69. The van der Waals surface area contributed by atoms with Crippen LogP contribution in [0.5, 0.6) is 0 Å². The van der Waals surface area contributed by atoms with Crippen molar-refractivity contribution >= 4 is 0 Å². The summed E-state index contributed by atoms with van der Waals surface area (Å²) in [5, 5.41) is 3.61. The van der Waals surface area contributed by atoms with Crippen molar-refractivity contribution in [2.24, 2.45) is 0 Å². The molecule has 102 valence electrons. The summed E-state index contributed by atoms with van der Waals surface area (Å²) >= 11 is 0. The van der Waals surface area contributed by atoms with Crippen LogP contribution in [-0.4, -0.2) is 34.6 Å². The molecule has 4 heteroatoms. The molecule has 1 saturated heterocycles. The van der Waals surface area contributed by atoms with Crippen molar-refractivity contribution < 1.29 is 4.42 Å². The lowest BCUT2D eigenvalue weighted by atomic mass is 9.96. The molecule has 2 rings (SSSR count). The van der Waals surface area contributed by atoms with E-state index < -0.39 is 0 Å². The van der Waals surface area contributed by atoms with E-state index in [1.807, 2.05) is 6.92 Å². The Kier molecular flexibility index (Phi) is 3.78. The average molecular weight is 251 g/mol. The minimum atomic E-state index is 0.154. The molecule has 0 radical (unpaired) electrons. The topological polar surface area (TPSA) is 41.3 Å². The normalized spacial score (nSPS) is 26.2. The zero-order valence-electron chi connectivity index (χ0n) is 12.2. The van der Waals surface area contributed by atoms with Gasteiger partial charge in [-0.15, -0.1) is 0 Å². The molecule has 2 heterocycles. The van der Waals surface area contributed by atoms with Crippen LogP contribution in [-0.2, 0) is 0 Å². The second-order valence-electron chi connectivity index (χ2n) is 5.98. The van der Waals surface area contributed by atoms with Crippen LogP contribution in [0.2, 0.25) is 0 Å². The van der Waals surface area contributed by atoms with Crippen molar-refractivity contribution in [3.8, 4) is 0 Å². The zero-order valence-corrected chi connectivity index (χ0v) is 12.2. The lowest BCUT2D eigenvalue weighted by Gasteiger charge is -2.46. The van der Waals surface area contributed by atoms with Gasteiger partial charge < -0.3 is 9.73 Å². The molecule has 1 aliphatic heterocycles. The van der Waals surface area contributed by atoms with E-state index in [9.17, 15) is 0 Å². The third-order valence-corrected chi connectivity index (χ3v) is 3.83. The van der Waals surface area contributed by atoms with Crippen LogP contribution >= 0.6 is 0 Å². The van der Waals surface area contributed by atoms with E-state index in [0.29, 0.717) is 6.04 Å². The minimum absolute atomic E-state index is 0.154. The number of nitrogens with one attached hydrogen (secondary N) is 1. The number of aromatic nitrogens is 1. The summed E-state index contributed by atoms with van der Waals surface area (Å²) in [5.74, 6) is 1.72. The van der Waals surface area contributed by atoms with Crippen molar-refractivity contribution in [1.29, 1.82) is 0 Å². The van der Waals surface area contributed by atoms with Crippen LogP contribution in [0.25, 0.3) is 0 Å². The molecule has 2 unspecified atom stereocenters. The number of rotatable bonds is 3. The van der Waals surface area contributed by atoms with Crippen LogP contribution in [0.1, 0.15) is 51.8 Å². The maximum Gasteiger partial charge on any atom is 0.211 e. The van der Waals surface area contributed by atoms with Crippen LogP contribution in [0, 0.1) is 6.92 Å². The average Bonchev–Trinajstić information content (AvgIpc) is 2.74. The number of piperazine rings is 1. The Morgan fingerprint density at radius 3 is 2.89 bits per heavy atom. The maximum absolute atomic E-state index is 5.69. The Hall–Kier alpha value is -0.870. The van der Waals surface area contributed by atoms with Gasteiger partial charge in [0.15, 0.2) is 0 Å². The first-order valence-electron chi connectivity index (χ1n) is 6.86. The number of hydrogen-bond acceptors (Lipinski definition) is 4. The molecule has 0 saturated carbocycles. The minimum Gasteiger partial charge on any atom is -0.444 e. The van der Waals surface area contributed by atoms with Gasteiger partial charge in [-0.05, 0) is 34.1 Å². The van der Waals surface area contributed by atoms with Gasteiger partial charge in [-0.25, -0.2) is 4.98 Å². The largest absolute Gasteiger partial charge is 0.444 e. The highest BCUT2D eigenvalue weighted by atomic mass is 16.4. The molecule has 18 heavy (non-hydrogen) atoms. The molecule has 4 nitrogen and oxygen atoms in total. The highest BCUT2D eigenvalue weighted by Gasteiger charge is 2.35. The van der Waals surface area contributed by atoms with Gasteiger partial charge in [-0.2, -0.15) is 0 Å². The quantitative estimate of drug-likeness (QED) is 0.896. The summed E-state index contributed by atoms with van der Waals surface area (Å²) in [4.78, 5) is 6.89. The molecule has 0 aliphatic carbocycles. The molecule has 0 aromatic carbocycles. The first-order chi connectivity index (χ1) is 8.43. The Bertz CT molecular complexity index is 399. The van der Waals surface area contributed by atoms with Gasteiger partial charge in [-0.1, -0.05) is 6.92 Å². The van der Waals surface area contributed by atoms with Gasteiger partial charge in [0.05, 0.1) is 12.2 Å². The molecule has 1 aromatic heterocycles. The molecule has 0 bridgehead atoms. The SMILES string of the molecule is CCC1CNC(C)(C)CN1C(C)c1ncc(C)o1. The van der Waals surface area contributed by atoms with Crippen molar-refractivity contribution in [3.05, 3.63) is 17.8 Å². The summed E-state index contributed by atoms with van der Waals surface area (Å²) in [5.41, 5.74) is 0.154. The van der Waals surface area contributed by atoms with Crippen molar-refractivity contribution in [1.82, 2.24) is 15.2 Å². The number of oxazole rings is 1. The highest BCUT2D eigenvalue weighted by Crippen LogP contribution is 2.28. The van der Waals surface area contributed by atoms with Gasteiger partial charge in [0, 0.05) is 24.7 Å². The molecular weight excluding hydrogens is 226 g/mol. The maximum atomic E-state index is 5.69. The summed E-state index contributed by atoms with van der Waals surface area (Å²) in [6.07, 6.45) is 2.95. The van der Waals surface area contributed by atoms with E-state index in [2.05, 4.69) is 42.9 Å². The monoisotopic (exact) mass is 251 g/mol. The first-order valence-corrected chi connectivity index (χ1v) is 6.86. The van der Waals surface area contributed by atoms with E-state index in [-0.39, 0.29) is 11.6 Å². The van der Waals surface area contributed by atoms with Gasteiger partial charge >= 0.3 is 0 Å². The van der Waals surface area contributed by atoms with E-state index >= 15 is 0 Å². The Labute approximate surface area is 110 Å². The lowest BCUT2D eigenvalue weighted by Crippen LogP contribution is -2.61. The van der Waals surface area contributed by atoms with E-state index in [1.165, 1.54) is 0 Å². The van der Waals surface area contributed by atoms with Crippen LogP contribution in [0.15, 0.2) is 10.6 Å². The summed E-state index contributed by atoms with van der Waals surface area (Å²) < 4.78 is 5.69. The smallest absolute Gasteiger partial charge is 0.211 e. The molecule has 1 aliphatic rings. The molecule has 1 N–H and O–H groups in total. The molecule has 2 atom stereocenters.